The lowest BCUT2D eigenvalue weighted by Crippen LogP contribution is -2.50. The van der Waals surface area contributed by atoms with Crippen molar-refractivity contribution in [3.05, 3.63) is 28.8 Å². The Morgan fingerprint density at radius 3 is 2.44 bits per heavy atom. The second-order valence-electron chi connectivity index (χ2n) is 7.92. The average molecular weight is 397 g/mol. The van der Waals surface area contributed by atoms with Crippen LogP contribution in [0.15, 0.2) is 18.2 Å². The third kappa shape index (κ3) is 6.61. The van der Waals surface area contributed by atoms with E-state index in [9.17, 15) is 9.59 Å². The number of carbonyl (C=O) groups is 2. The Hall–Kier alpha value is -1.95. The molecular formula is C20H29ClN2O4. The molecule has 0 aliphatic carbocycles. The van der Waals surface area contributed by atoms with Gasteiger partial charge in [-0.15, -0.1) is 0 Å². The summed E-state index contributed by atoms with van der Waals surface area (Å²) in [6.45, 7) is 10.3. The van der Waals surface area contributed by atoms with Gasteiger partial charge in [-0.3, -0.25) is 4.79 Å². The third-order valence-electron chi connectivity index (χ3n) is 4.30. The number of likely N-dealkylation sites (tertiary alicyclic amines) is 1. The van der Waals surface area contributed by atoms with Gasteiger partial charge in [0.2, 0.25) is 0 Å². The maximum atomic E-state index is 12.4. The molecule has 2 amide bonds. The standard InChI is InChI=1S/C20H29ClN2O4/c1-13-12-15(21)6-7-17(13)26-14(2)18(24)22-16-8-10-23(11-9-16)19(25)27-20(3,4)5/h6-7,12,14,16H,8-11H2,1-5H3,(H,22,24). The van der Waals surface area contributed by atoms with E-state index in [0.717, 1.165) is 5.56 Å². The number of hydrogen-bond donors (Lipinski definition) is 1. The van der Waals surface area contributed by atoms with E-state index in [1.807, 2.05) is 27.7 Å². The van der Waals surface area contributed by atoms with Gasteiger partial charge in [0.05, 0.1) is 0 Å². The number of benzene rings is 1. The van der Waals surface area contributed by atoms with Crippen LogP contribution in [0.2, 0.25) is 5.02 Å². The zero-order valence-corrected chi connectivity index (χ0v) is 17.4. The Labute approximate surface area is 166 Å². The first kappa shape index (κ1) is 21.4. The number of nitrogens with zero attached hydrogens (tertiary/aromatic N) is 1. The van der Waals surface area contributed by atoms with E-state index in [1.54, 1.807) is 30.0 Å². The monoisotopic (exact) mass is 396 g/mol. The first-order valence-electron chi connectivity index (χ1n) is 9.26. The Morgan fingerprint density at radius 1 is 1.26 bits per heavy atom. The summed E-state index contributed by atoms with van der Waals surface area (Å²) in [5, 5.41) is 3.64. The molecule has 1 atom stereocenters. The minimum atomic E-state index is -0.617. The van der Waals surface area contributed by atoms with Gasteiger partial charge in [0.1, 0.15) is 11.4 Å². The number of halogens is 1. The van der Waals surface area contributed by atoms with Crippen molar-refractivity contribution < 1.29 is 19.1 Å². The number of piperidine rings is 1. The number of ether oxygens (including phenoxy) is 2. The number of amides is 2. The van der Waals surface area contributed by atoms with Crippen molar-refractivity contribution in [1.29, 1.82) is 0 Å². The van der Waals surface area contributed by atoms with Crippen LogP contribution in [0.1, 0.15) is 46.1 Å². The lowest BCUT2D eigenvalue weighted by atomic mass is 10.1. The number of hydrogen-bond acceptors (Lipinski definition) is 4. The smallest absolute Gasteiger partial charge is 0.410 e. The molecule has 0 aromatic heterocycles. The minimum Gasteiger partial charge on any atom is -0.481 e. The van der Waals surface area contributed by atoms with Gasteiger partial charge in [0.25, 0.3) is 5.91 Å². The first-order valence-corrected chi connectivity index (χ1v) is 9.64. The predicted molar refractivity (Wildman–Crippen MR) is 105 cm³/mol. The number of aryl methyl sites for hydroxylation is 1. The van der Waals surface area contributed by atoms with Crippen molar-refractivity contribution in [2.24, 2.45) is 0 Å². The van der Waals surface area contributed by atoms with Gasteiger partial charge in [0.15, 0.2) is 6.10 Å². The van der Waals surface area contributed by atoms with Gasteiger partial charge in [0, 0.05) is 24.2 Å². The van der Waals surface area contributed by atoms with Crippen molar-refractivity contribution in [3.8, 4) is 5.75 Å². The molecule has 1 aliphatic heterocycles. The van der Waals surface area contributed by atoms with Crippen molar-refractivity contribution in [2.45, 2.75) is 65.2 Å². The first-order chi connectivity index (χ1) is 12.5. The fourth-order valence-electron chi connectivity index (χ4n) is 2.84. The molecule has 1 saturated heterocycles. The second-order valence-corrected chi connectivity index (χ2v) is 8.36. The highest BCUT2D eigenvalue weighted by Gasteiger charge is 2.28. The van der Waals surface area contributed by atoms with Gasteiger partial charge in [-0.1, -0.05) is 11.6 Å². The Bertz CT molecular complexity index is 679. The lowest BCUT2D eigenvalue weighted by molar-refractivity contribution is -0.128. The van der Waals surface area contributed by atoms with Crippen molar-refractivity contribution in [3.63, 3.8) is 0 Å². The van der Waals surface area contributed by atoms with E-state index in [2.05, 4.69) is 5.32 Å². The topological polar surface area (TPSA) is 67.9 Å². The van der Waals surface area contributed by atoms with Crippen LogP contribution >= 0.6 is 11.6 Å². The largest absolute Gasteiger partial charge is 0.481 e. The molecular weight excluding hydrogens is 368 g/mol. The molecule has 0 bridgehead atoms. The van der Waals surface area contributed by atoms with Gasteiger partial charge < -0.3 is 19.7 Å². The Balaban J connectivity index is 1.80. The molecule has 0 spiro atoms. The fraction of sp³-hybridized carbons (Fsp3) is 0.600. The summed E-state index contributed by atoms with van der Waals surface area (Å²) in [4.78, 5) is 26.2. The molecule has 150 valence electrons. The second kappa shape index (κ2) is 8.83. The fourth-order valence-corrected chi connectivity index (χ4v) is 3.07. The molecule has 1 aromatic carbocycles. The minimum absolute atomic E-state index is 0.0218. The van der Waals surface area contributed by atoms with Crippen LogP contribution in [0, 0.1) is 6.92 Å². The molecule has 0 radical (unpaired) electrons. The lowest BCUT2D eigenvalue weighted by Gasteiger charge is -2.34. The normalized spacial score (nSPS) is 16.6. The highest BCUT2D eigenvalue weighted by molar-refractivity contribution is 6.30. The summed E-state index contributed by atoms with van der Waals surface area (Å²) < 4.78 is 11.2. The van der Waals surface area contributed by atoms with E-state index in [1.165, 1.54) is 0 Å². The summed E-state index contributed by atoms with van der Waals surface area (Å²) in [6, 6.07) is 5.32. The summed E-state index contributed by atoms with van der Waals surface area (Å²) >= 11 is 5.94. The molecule has 27 heavy (non-hydrogen) atoms. The van der Waals surface area contributed by atoms with Crippen LogP contribution in [-0.4, -0.2) is 47.7 Å². The molecule has 1 fully saturated rings. The zero-order valence-electron chi connectivity index (χ0n) is 16.7. The summed E-state index contributed by atoms with van der Waals surface area (Å²) in [6.07, 6.45) is 0.464. The van der Waals surface area contributed by atoms with Crippen LogP contribution in [0.4, 0.5) is 4.79 Å². The van der Waals surface area contributed by atoms with Gasteiger partial charge >= 0.3 is 6.09 Å². The average Bonchev–Trinajstić information content (AvgIpc) is 2.56. The van der Waals surface area contributed by atoms with Crippen LogP contribution in [0.5, 0.6) is 5.75 Å². The summed E-state index contributed by atoms with van der Waals surface area (Å²) in [7, 11) is 0. The molecule has 7 heteroatoms. The van der Waals surface area contributed by atoms with Crippen LogP contribution in [0.3, 0.4) is 0 Å². The van der Waals surface area contributed by atoms with Crippen LogP contribution < -0.4 is 10.1 Å². The van der Waals surface area contributed by atoms with Gasteiger partial charge in [-0.25, -0.2) is 4.79 Å². The quantitative estimate of drug-likeness (QED) is 0.837. The van der Waals surface area contributed by atoms with Crippen LogP contribution in [0.25, 0.3) is 0 Å². The Morgan fingerprint density at radius 2 is 1.89 bits per heavy atom. The maximum absolute atomic E-state index is 12.4. The SMILES string of the molecule is Cc1cc(Cl)ccc1OC(C)C(=O)NC1CCN(C(=O)OC(C)(C)C)CC1. The van der Waals surface area contributed by atoms with E-state index in [0.29, 0.717) is 36.7 Å². The molecule has 1 heterocycles. The Kier molecular flexibility index (Phi) is 6.98. The van der Waals surface area contributed by atoms with E-state index < -0.39 is 11.7 Å². The van der Waals surface area contributed by atoms with Crippen molar-refractivity contribution in [2.75, 3.05) is 13.1 Å². The van der Waals surface area contributed by atoms with Crippen LogP contribution in [-0.2, 0) is 9.53 Å². The third-order valence-corrected chi connectivity index (χ3v) is 4.54. The molecule has 6 nitrogen and oxygen atoms in total. The molecule has 1 N–H and O–H groups in total. The molecule has 0 saturated carbocycles. The van der Waals surface area contributed by atoms with E-state index >= 15 is 0 Å². The molecule has 1 aromatic rings. The summed E-state index contributed by atoms with van der Waals surface area (Å²) in [5.74, 6) is 0.474. The number of carbonyl (C=O) groups excluding carboxylic acids is 2. The molecule has 1 unspecified atom stereocenters. The van der Waals surface area contributed by atoms with Gasteiger partial charge in [-0.2, -0.15) is 0 Å². The van der Waals surface area contributed by atoms with E-state index in [4.69, 9.17) is 21.1 Å². The molecule has 2 rings (SSSR count). The number of rotatable bonds is 4. The highest BCUT2D eigenvalue weighted by atomic mass is 35.5. The highest BCUT2D eigenvalue weighted by Crippen LogP contribution is 2.23. The number of nitrogens with one attached hydrogen (secondary N) is 1. The van der Waals surface area contributed by atoms with Crippen molar-refractivity contribution in [1.82, 2.24) is 10.2 Å². The summed E-state index contributed by atoms with van der Waals surface area (Å²) in [5.41, 5.74) is 0.377. The van der Waals surface area contributed by atoms with E-state index in [-0.39, 0.29) is 18.0 Å². The predicted octanol–water partition coefficient (Wildman–Crippen LogP) is 3.93. The van der Waals surface area contributed by atoms with Gasteiger partial charge in [-0.05, 0) is 71.2 Å². The maximum Gasteiger partial charge on any atom is 0.410 e. The molecule has 1 aliphatic rings. The zero-order chi connectivity index (χ0) is 20.2. The van der Waals surface area contributed by atoms with Crippen molar-refractivity contribution >= 4 is 23.6 Å².